The van der Waals surface area contributed by atoms with Crippen LogP contribution in [-0.2, 0) is 0 Å². The largest absolute Gasteiger partial charge is 0.314 e. The van der Waals surface area contributed by atoms with Crippen LogP contribution in [0.3, 0.4) is 0 Å². The topological polar surface area (TPSA) is 12.0 Å². The van der Waals surface area contributed by atoms with Crippen molar-refractivity contribution in [3.8, 4) is 0 Å². The van der Waals surface area contributed by atoms with E-state index in [2.05, 4.69) is 26.1 Å². The van der Waals surface area contributed by atoms with Gasteiger partial charge in [0.25, 0.3) is 0 Å². The molecule has 1 aliphatic carbocycles. The van der Waals surface area contributed by atoms with Crippen LogP contribution in [0, 0.1) is 11.8 Å². The maximum atomic E-state index is 3.62. The quantitative estimate of drug-likeness (QED) is 0.700. The van der Waals surface area contributed by atoms with Gasteiger partial charge in [0.2, 0.25) is 0 Å². The summed E-state index contributed by atoms with van der Waals surface area (Å²) in [7, 11) is 0. The molecule has 0 heterocycles. The highest BCUT2D eigenvalue weighted by atomic mass is 14.9. The molecule has 0 saturated heterocycles. The second kappa shape index (κ2) is 7.27. The molecule has 1 heteroatoms. The van der Waals surface area contributed by atoms with Crippen LogP contribution in [0.1, 0.15) is 65.7 Å². The zero-order chi connectivity index (χ0) is 11.1. The highest BCUT2D eigenvalue weighted by Gasteiger charge is 2.17. The predicted octanol–water partition coefficient (Wildman–Crippen LogP) is 3.98. The molecule has 1 nitrogen and oxygen atoms in total. The van der Waals surface area contributed by atoms with Crippen molar-refractivity contribution < 1.29 is 0 Å². The van der Waals surface area contributed by atoms with E-state index in [1.54, 1.807) is 0 Å². The fraction of sp³-hybridized carbons (Fsp3) is 1.00. The number of hydrogen-bond donors (Lipinski definition) is 1. The van der Waals surface area contributed by atoms with Crippen LogP contribution in [0.25, 0.3) is 0 Å². The lowest BCUT2D eigenvalue weighted by atomic mass is 9.84. The second-order valence-electron chi connectivity index (χ2n) is 5.49. The highest BCUT2D eigenvalue weighted by molar-refractivity contribution is 4.73. The smallest absolute Gasteiger partial charge is 0.00900 e. The molecular formula is C14H29N. The van der Waals surface area contributed by atoms with E-state index in [0.29, 0.717) is 0 Å². The normalized spacial score (nSPS) is 20.8. The summed E-state index contributed by atoms with van der Waals surface area (Å²) in [5.41, 5.74) is 0. The zero-order valence-corrected chi connectivity index (χ0v) is 10.9. The van der Waals surface area contributed by atoms with Crippen LogP contribution in [0.15, 0.2) is 0 Å². The molecule has 0 spiro atoms. The maximum Gasteiger partial charge on any atom is 0.00900 e. The van der Waals surface area contributed by atoms with Crippen molar-refractivity contribution in [1.29, 1.82) is 0 Å². The molecule has 1 aliphatic rings. The molecule has 0 aliphatic heterocycles. The van der Waals surface area contributed by atoms with Crippen LogP contribution in [-0.4, -0.2) is 12.6 Å². The Hall–Kier alpha value is -0.0400. The van der Waals surface area contributed by atoms with Crippen molar-refractivity contribution >= 4 is 0 Å². The van der Waals surface area contributed by atoms with Gasteiger partial charge in [-0.05, 0) is 31.2 Å². The molecule has 0 radical (unpaired) electrons. The Labute approximate surface area is 96.0 Å². The summed E-state index contributed by atoms with van der Waals surface area (Å²) in [4.78, 5) is 0. The fourth-order valence-electron chi connectivity index (χ4n) is 2.82. The molecule has 0 aromatic heterocycles. The van der Waals surface area contributed by atoms with E-state index in [1.165, 1.54) is 44.9 Å². The molecule has 1 atom stereocenters. The Morgan fingerprint density at radius 2 is 1.80 bits per heavy atom. The van der Waals surface area contributed by atoms with Crippen molar-refractivity contribution in [2.24, 2.45) is 11.8 Å². The summed E-state index contributed by atoms with van der Waals surface area (Å²) in [6, 6.07) is 0.747. The van der Waals surface area contributed by atoms with Crippen LogP contribution in [0.2, 0.25) is 0 Å². The van der Waals surface area contributed by atoms with Gasteiger partial charge in [-0.3, -0.25) is 0 Å². The van der Waals surface area contributed by atoms with E-state index in [-0.39, 0.29) is 0 Å². The van der Waals surface area contributed by atoms with Gasteiger partial charge >= 0.3 is 0 Å². The number of hydrogen-bond acceptors (Lipinski definition) is 1. The predicted molar refractivity (Wildman–Crippen MR) is 68.1 cm³/mol. The van der Waals surface area contributed by atoms with E-state index in [1.807, 2.05) is 0 Å². The van der Waals surface area contributed by atoms with Crippen molar-refractivity contribution in [2.45, 2.75) is 71.8 Å². The van der Waals surface area contributed by atoms with Gasteiger partial charge < -0.3 is 5.32 Å². The van der Waals surface area contributed by atoms with Gasteiger partial charge in [0.1, 0.15) is 0 Å². The molecule has 1 fully saturated rings. The van der Waals surface area contributed by atoms with Crippen molar-refractivity contribution in [3.63, 3.8) is 0 Å². The second-order valence-corrected chi connectivity index (χ2v) is 5.49. The molecule has 0 aromatic rings. The van der Waals surface area contributed by atoms with Crippen molar-refractivity contribution in [2.75, 3.05) is 6.54 Å². The molecule has 1 N–H and O–H groups in total. The third kappa shape index (κ3) is 5.01. The van der Waals surface area contributed by atoms with Gasteiger partial charge in [0.05, 0.1) is 0 Å². The van der Waals surface area contributed by atoms with Gasteiger partial charge in [-0.2, -0.15) is 0 Å². The van der Waals surface area contributed by atoms with Crippen molar-refractivity contribution in [1.82, 2.24) is 5.32 Å². The summed E-state index contributed by atoms with van der Waals surface area (Å²) >= 11 is 0. The van der Waals surface area contributed by atoms with E-state index >= 15 is 0 Å². The molecule has 1 saturated carbocycles. The number of nitrogens with one attached hydrogen (secondary N) is 1. The lowest BCUT2D eigenvalue weighted by molar-refractivity contribution is 0.292. The summed E-state index contributed by atoms with van der Waals surface area (Å²) < 4.78 is 0. The number of rotatable bonds is 6. The third-order valence-electron chi connectivity index (χ3n) is 3.88. The van der Waals surface area contributed by atoms with Gasteiger partial charge in [0, 0.05) is 6.04 Å². The van der Waals surface area contributed by atoms with Gasteiger partial charge in [0.15, 0.2) is 0 Å². The first-order valence-corrected chi connectivity index (χ1v) is 6.97. The SMILES string of the molecule is CCNC(CCC1CCCCC1)C(C)C. The summed E-state index contributed by atoms with van der Waals surface area (Å²) in [6.45, 7) is 8.02. The third-order valence-corrected chi connectivity index (χ3v) is 3.88. The van der Waals surface area contributed by atoms with Crippen molar-refractivity contribution in [3.05, 3.63) is 0 Å². The van der Waals surface area contributed by atoms with Gasteiger partial charge in [-0.1, -0.05) is 52.9 Å². The minimum Gasteiger partial charge on any atom is -0.314 e. The van der Waals surface area contributed by atoms with Crippen LogP contribution < -0.4 is 5.32 Å². The minimum atomic E-state index is 0.747. The lowest BCUT2D eigenvalue weighted by Crippen LogP contribution is -2.34. The Bertz CT molecular complexity index is 147. The Kier molecular flexibility index (Phi) is 6.31. The molecule has 0 amide bonds. The molecule has 0 aromatic carbocycles. The summed E-state index contributed by atoms with van der Waals surface area (Å²) in [6.07, 6.45) is 10.3. The first kappa shape index (κ1) is 13.0. The standard InChI is InChI=1S/C14H29N/c1-4-15-14(12(2)3)11-10-13-8-6-5-7-9-13/h12-15H,4-11H2,1-3H3. The molecule has 1 unspecified atom stereocenters. The average Bonchev–Trinajstić information content (AvgIpc) is 2.25. The summed E-state index contributed by atoms with van der Waals surface area (Å²) in [5, 5.41) is 3.62. The minimum absolute atomic E-state index is 0.747. The molecule has 90 valence electrons. The fourth-order valence-corrected chi connectivity index (χ4v) is 2.82. The first-order chi connectivity index (χ1) is 7.24. The molecule has 0 bridgehead atoms. The first-order valence-electron chi connectivity index (χ1n) is 6.97. The molecular weight excluding hydrogens is 182 g/mol. The van der Waals surface area contributed by atoms with Gasteiger partial charge in [-0.15, -0.1) is 0 Å². The Morgan fingerprint density at radius 1 is 1.13 bits per heavy atom. The van der Waals surface area contributed by atoms with E-state index in [9.17, 15) is 0 Å². The molecule has 15 heavy (non-hydrogen) atoms. The highest BCUT2D eigenvalue weighted by Crippen LogP contribution is 2.28. The maximum absolute atomic E-state index is 3.62. The summed E-state index contributed by atoms with van der Waals surface area (Å²) in [5.74, 6) is 1.83. The lowest BCUT2D eigenvalue weighted by Gasteiger charge is -2.26. The van der Waals surface area contributed by atoms with Crippen LogP contribution >= 0.6 is 0 Å². The van der Waals surface area contributed by atoms with E-state index in [4.69, 9.17) is 0 Å². The Morgan fingerprint density at radius 3 is 2.33 bits per heavy atom. The van der Waals surface area contributed by atoms with Crippen LogP contribution in [0.5, 0.6) is 0 Å². The average molecular weight is 211 g/mol. The van der Waals surface area contributed by atoms with Gasteiger partial charge in [-0.25, -0.2) is 0 Å². The zero-order valence-electron chi connectivity index (χ0n) is 10.9. The monoisotopic (exact) mass is 211 g/mol. The van der Waals surface area contributed by atoms with Crippen LogP contribution in [0.4, 0.5) is 0 Å². The van der Waals surface area contributed by atoms with E-state index < -0.39 is 0 Å². The molecule has 1 rings (SSSR count). The Balaban J connectivity index is 2.19. The van der Waals surface area contributed by atoms with E-state index in [0.717, 1.165) is 24.4 Å².